The second-order valence-electron chi connectivity index (χ2n) is 3.99. The van der Waals surface area contributed by atoms with Crippen LogP contribution in [0.5, 0.6) is 0 Å². The number of carboxylic acid groups (broad SMARTS) is 1. The van der Waals surface area contributed by atoms with Crippen molar-refractivity contribution >= 4 is 18.0 Å². The van der Waals surface area contributed by atoms with E-state index in [1.54, 1.807) is 20.8 Å². The standard InChI is InChI=1S/C11H20N2O5/c1-5-12(7-10(16)18-4)11(17)13(8(2)3)6-9(14)15/h8H,5-7H2,1-4H3,(H,14,15). The van der Waals surface area contributed by atoms with Crippen LogP contribution in [0.25, 0.3) is 0 Å². The summed E-state index contributed by atoms with van der Waals surface area (Å²) in [5.41, 5.74) is 0. The SMILES string of the molecule is CCN(CC(=O)OC)C(=O)N(CC(=O)O)C(C)C. The van der Waals surface area contributed by atoms with Gasteiger partial charge in [0.15, 0.2) is 0 Å². The minimum atomic E-state index is -1.09. The van der Waals surface area contributed by atoms with Crippen LogP contribution in [0.2, 0.25) is 0 Å². The number of aliphatic carboxylic acids is 1. The van der Waals surface area contributed by atoms with Gasteiger partial charge in [-0.3, -0.25) is 9.59 Å². The van der Waals surface area contributed by atoms with Crippen LogP contribution < -0.4 is 0 Å². The largest absolute Gasteiger partial charge is 0.480 e. The molecular formula is C11H20N2O5. The molecule has 0 aliphatic carbocycles. The Labute approximate surface area is 106 Å². The molecule has 0 radical (unpaired) electrons. The first-order valence-electron chi connectivity index (χ1n) is 5.67. The summed E-state index contributed by atoms with van der Waals surface area (Å²) in [6, 6.07) is -0.749. The topological polar surface area (TPSA) is 87.2 Å². The molecule has 0 unspecified atom stereocenters. The fourth-order valence-electron chi connectivity index (χ4n) is 1.33. The molecule has 104 valence electrons. The van der Waals surface area contributed by atoms with Crippen molar-refractivity contribution in [1.29, 1.82) is 0 Å². The van der Waals surface area contributed by atoms with Crippen LogP contribution in [0.15, 0.2) is 0 Å². The summed E-state index contributed by atoms with van der Waals surface area (Å²) in [5.74, 6) is -1.63. The van der Waals surface area contributed by atoms with Gasteiger partial charge < -0.3 is 19.6 Å². The van der Waals surface area contributed by atoms with Gasteiger partial charge in [-0.05, 0) is 20.8 Å². The summed E-state index contributed by atoms with van der Waals surface area (Å²) in [6.45, 7) is 4.86. The molecule has 7 nitrogen and oxygen atoms in total. The van der Waals surface area contributed by atoms with E-state index < -0.39 is 24.5 Å². The molecule has 2 amide bonds. The number of likely N-dealkylation sites (N-methyl/N-ethyl adjacent to an activating group) is 1. The average molecular weight is 260 g/mol. The Kier molecular flexibility index (Phi) is 6.77. The molecule has 0 rings (SSSR count). The zero-order valence-corrected chi connectivity index (χ0v) is 11.2. The second kappa shape index (κ2) is 7.52. The highest BCUT2D eigenvalue weighted by Crippen LogP contribution is 2.05. The maximum atomic E-state index is 12.1. The van der Waals surface area contributed by atoms with Gasteiger partial charge in [0.2, 0.25) is 0 Å². The Balaban J connectivity index is 4.80. The highest BCUT2D eigenvalue weighted by atomic mass is 16.5. The van der Waals surface area contributed by atoms with E-state index in [9.17, 15) is 14.4 Å². The highest BCUT2D eigenvalue weighted by molar-refractivity contribution is 5.83. The molecule has 0 spiro atoms. The number of carbonyl (C=O) groups is 3. The first-order chi connectivity index (χ1) is 8.33. The summed E-state index contributed by atoms with van der Waals surface area (Å²) in [6.07, 6.45) is 0. The van der Waals surface area contributed by atoms with Crippen LogP contribution in [0.4, 0.5) is 4.79 Å². The third-order valence-electron chi connectivity index (χ3n) is 2.37. The van der Waals surface area contributed by atoms with E-state index in [1.807, 2.05) is 0 Å². The number of hydrogen-bond donors (Lipinski definition) is 1. The predicted octanol–water partition coefficient (Wildman–Crippen LogP) is 0.396. The van der Waals surface area contributed by atoms with Gasteiger partial charge in [0, 0.05) is 12.6 Å². The minimum Gasteiger partial charge on any atom is -0.480 e. The quantitative estimate of drug-likeness (QED) is 0.698. The summed E-state index contributed by atoms with van der Waals surface area (Å²) >= 11 is 0. The number of carboxylic acids is 1. The third kappa shape index (κ3) is 5.03. The molecule has 18 heavy (non-hydrogen) atoms. The zero-order chi connectivity index (χ0) is 14.3. The Morgan fingerprint density at radius 3 is 2.11 bits per heavy atom. The van der Waals surface area contributed by atoms with Crippen LogP contribution in [-0.4, -0.2) is 65.7 Å². The van der Waals surface area contributed by atoms with Crippen molar-refractivity contribution in [2.24, 2.45) is 0 Å². The first-order valence-corrected chi connectivity index (χ1v) is 5.67. The molecule has 0 aromatic rings. The monoisotopic (exact) mass is 260 g/mol. The molecule has 0 aliphatic rings. The van der Waals surface area contributed by atoms with E-state index in [1.165, 1.54) is 16.9 Å². The summed E-state index contributed by atoms with van der Waals surface area (Å²) < 4.78 is 4.49. The van der Waals surface area contributed by atoms with Crippen LogP contribution in [-0.2, 0) is 14.3 Å². The maximum Gasteiger partial charge on any atom is 0.325 e. The number of amides is 2. The lowest BCUT2D eigenvalue weighted by atomic mass is 10.3. The number of nitrogens with zero attached hydrogens (tertiary/aromatic N) is 2. The predicted molar refractivity (Wildman–Crippen MR) is 64.1 cm³/mol. The fourth-order valence-corrected chi connectivity index (χ4v) is 1.33. The molecular weight excluding hydrogens is 240 g/mol. The average Bonchev–Trinajstić information content (AvgIpc) is 2.31. The molecule has 0 heterocycles. The van der Waals surface area contributed by atoms with Crippen molar-refractivity contribution in [2.75, 3.05) is 26.7 Å². The van der Waals surface area contributed by atoms with E-state index in [-0.39, 0.29) is 12.6 Å². The van der Waals surface area contributed by atoms with E-state index in [0.717, 1.165) is 0 Å². The molecule has 7 heteroatoms. The summed E-state index contributed by atoms with van der Waals surface area (Å²) in [4.78, 5) is 36.4. The maximum absolute atomic E-state index is 12.1. The smallest absolute Gasteiger partial charge is 0.325 e. The minimum absolute atomic E-state index is 0.186. The Morgan fingerprint density at radius 1 is 1.22 bits per heavy atom. The van der Waals surface area contributed by atoms with Gasteiger partial charge in [-0.15, -0.1) is 0 Å². The van der Waals surface area contributed by atoms with Crippen LogP contribution in [0, 0.1) is 0 Å². The van der Waals surface area contributed by atoms with Gasteiger partial charge in [-0.2, -0.15) is 0 Å². The number of hydrogen-bond acceptors (Lipinski definition) is 4. The van der Waals surface area contributed by atoms with E-state index in [4.69, 9.17) is 5.11 Å². The number of ether oxygens (including phenoxy) is 1. The van der Waals surface area contributed by atoms with Crippen molar-refractivity contribution in [3.05, 3.63) is 0 Å². The van der Waals surface area contributed by atoms with Crippen LogP contribution in [0.1, 0.15) is 20.8 Å². The van der Waals surface area contributed by atoms with Crippen molar-refractivity contribution < 1.29 is 24.2 Å². The van der Waals surface area contributed by atoms with Crippen LogP contribution >= 0.6 is 0 Å². The third-order valence-corrected chi connectivity index (χ3v) is 2.37. The van der Waals surface area contributed by atoms with Gasteiger partial charge in [0.05, 0.1) is 7.11 Å². The summed E-state index contributed by atoms with van der Waals surface area (Å²) in [5, 5.41) is 8.76. The molecule has 0 bridgehead atoms. The van der Waals surface area contributed by atoms with Crippen molar-refractivity contribution in [1.82, 2.24) is 9.80 Å². The summed E-state index contributed by atoms with van der Waals surface area (Å²) in [7, 11) is 1.23. The number of rotatable bonds is 6. The number of methoxy groups -OCH3 is 1. The highest BCUT2D eigenvalue weighted by Gasteiger charge is 2.25. The number of carbonyl (C=O) groups excluding carboxylic acids is 2. The molecule has 0 aliphatic heterocycles. The molecule has 0 fully saturated rings. The van der Waals surface area contributed by atoms with Crippen molar-refractivity contribution in [3.8, 4) is 0 Å². The molecule has 1 N–H and O–H groups in total. The Morgan fingerprint density at radius 2 is 1.78 bits per heavy atom. The van der Waals surface area contributed by atoms with Crippen molar-refractivity contribution in [2.45, 2.75) is 26.8 Å². The van der Waals surface area contributed by atoms with E-state index >= 15 is 0 Å². The lowest BCUT2D eigenvalue weighted by Crippen LogP contribution is -2.49. The Hall–Kier alpha value is -1.79. The number of esters is 1. The fraction of sp³-hybridized carbons (Fsp3) is 0.727. The molecule has 0 saturated heterocycles. The van der Waals surface area contributed by atoms with E-state index in [0.29, 0.717) is 6.54 Å². The van der Waals surface area contributed by atoms with Crippen LogP contribution in [0.3, 0.4) is 0 Å². The van der Waals surface area contributed by atoms with Gasteiger partial charge in [-0.25, -0.2) is 4.79 Å². The number of urea groups is 1. The van der Waals surface area contributed by atoms with Gasteiger partial charge >= 0.3 is 18.0 Å². The normalized spacial score (nSPS) is 10.1. The molecule has 0 saturated carbocycles. The molecule has 0 aromatic carbocycles. The molecule has 0 atom stereocenters. The van der Waals surface area contributed by atoms with Gasteiger partial charge in [0.25, 0.3) is 0 Å². The van der Waals surface area contributed by atoms with Crippen molar-refractivity contribution in [3.63, 3.8) is 0 Å². The second-order valence-corrected chi connectivity index (χ2v) is 3.99. The van der Waals surface area contributed by atoms with E-state index in [2.05, 4.69) is 4.74 Å². The van der Waals surface area contributed by atoms with Gasteiger partial charge in [0.1, 0.15) is 13.1 Å². The van der Waals surface area contributed by atoms with Gasteiger partial charge in [-0.1, -0.05) is 0 Å². The lowest BCUT2D eigenvalue weighted by molar-refractivity contribution is -0.141. The molecule has 0 aromatic heterocycles. The lowest BCUT2D eigenvalue weighted by Gasteiger charge is -2.30. The Bertz CT molecular complexity index is 317. The first kappa shape index (κ1) is 16.2. The zero-order valence-electron chi connectivity index (χ0n) is 11.2.